The fourth-order valence-corrected chi connectivity index (χ4v) is 2.80. The van der Waals surface area contributed by atoms with Gasteiger partial charge >= 0.3 is 6.18 Å². The van der Waals surface area contributed by atoms with E-state index in [0.717, 1.165) is 6.07 Å². The minimum atomic E-state index is -4.72. The molecule has 1 N–H and O–H groups in total. The van der Waals surface area contributed by atoms with Gasteiger partial charge in [-0.1, -0.05) is 0 Å². The highest BCUT2D eigenvalue weighted by atomic mass is 19.4. The molecule has 0 bridgehead atoms. The first-order chi connectivity index (χ1) is 15.2. The minimum absolute atomic E-state index is 0.0230. The highest BCUT2D eigenvalue weighted by Gasteiger charge is 2.31. The second-order valence-corrected chi connectivity index (χ2v) is 6.60. The maximum absolute atomic E-state index is 14.6. The lowest BCUT2D eigenvalue weighted by molar-refractivity contribution is -0.138. The molecule has 0 saturated carbocycles. The van der Waals surface area contributed by atoms with E-state index in [4.69, 9.17) is 4.74 Å². The summed E-state index contributed by atoms with van der Waals surface area (Å²) >= 11 is 0. The van der Waals surface area contributed by atoms with Crippen molar-refractivity contribution in [3.8, 4) is 28.4 Å². The summed E-state index contributed by atoms with van der Waals surface area (Å²) in [5.74, 6) is -2.13. The average Bonchev–Trinajstić information content (AvgIpc) is 3.22. The zero-order valence-corrected chi connectivity index (χ0v) is 15.9. The molecule has 3 heterocycles. The monoisotopic (exact) mass is 450 g/mol. The second-order valence-electron chi connectivity index (χ2n) is 6.60. The van der Waals surface area contributed by atoms with Gasteiger partial charge in [0, 0.05) is 29.6 Å². The highest BCUT2D eigenvalue weighted by molar-refractivity contribution is 5.65. The predicted molar refractivity (Wildman–Crippen MR) is 101 cm³/mol. The molecule has 164 valence electrons. The van der Waals surface area contributed by atoms with E-state index in [9.17, 15) is 26.3 Å². The normalized spacial score (nSPS) is 11.6. The maximum atomic E-state index is 14.6. The molecule has 0 aliphatic carbocycles. The summed E-state index contributed by atoms with van der Waals surface area (Å²) < 4.78 is 84.4. The smallest absolute Gasteiger partial charge is 0.417 e. The van der Waals surface area contributed by atoms with Crippen molar-refractivity contribution in [2.75, 3.05) is 0 Å². The molecule has 1 aromatic carbocycles. The Morgan fingerprint density at radius 1 is 0.844 bits per heavy atom. The second kappa shape index (κ2) is 8.33. The molecule has 0 aliphatic heterocycles. The number of rotatable bonds is 5. The van der Waals surface area contributed by atoms with E-state index in [-0.39, 0.29) is 17.0 Å². The van der Waals surface area contributed by atoms with Gasteiger partial charge in [-0.3, -0.25) is 4.98 Å². The Hall–Kier alpha value is -3.89. The first-order valence-electron chi connectivity index (χ1n) is 9.02. The molecule has 4 aromatic rings. The van der Waals surface area contributed by atoms with Gasteiger partial charge < -0.3 is 9.72 Å². The number of pyridine rings is 2. The summed E-state index contributed by atoms with van der Waals surface area (Å²) in [5.41, 5.74) is -0.573. The van der Waals surface area contributed by atoms with Crippen LogP contribution in [-0.2, 0) is 12.8 Å². The molecule has 0 spiro atoms. The molecule has 32 heavy (non-hydrogen) atoms. The molecule has 0 amide bonds. The van der Waals surface area contributed by atoms with Crippen LogP contribution in [0.5, 0.6) is 5.75 Å². The number of aromatic amines is 1. The van der Waals surface area contributed by atoms with Crippen LogP contribution in [0.15, 0.2) is 55.0 Å². The third-order valence-corrected chi connectivity index (χ3v) is 4.43. The van der Waals surface area contributed by atoms with E-state index >= 15 is 0 Å². The van der Waals surface area contributed by atoms with Crippen LogP contribution < -0.4 is 4.74 Å². The number of benzene rings is 1. The average molecular weight is 450 g/mol. The number of nitrogens with zero attached hydrogens (tertiary/aromatic N) is 3. The lowest BCUT2D eigenvalue weighted by atomic mass is 10.1. The lowest BCUT2D eigenvalue weighted by Gasteiger charge is -2.10. The molecule has 0 saturated heterocycles. The summed E-state index contributed by atoms with van der Waals surface area (Å²) in [4.78, 5) is 14.0. The molecule has 0 fully saturated rings. The quantitative estimate of drug-likeness (QED) is 0.320. The minimum Gasteiger partial charge on any atom is -0.487 e. The van der Waals surface area contributed by atoms with E-state index in [1.807, 2.05) is 0 Å². The van der Waals surface area contributed by atoms with Gasteiger partial charge in [-0.15, -0.1) is 0 Å². The molecule has 0 atom stereocenters. The van der Waals surface area contributed by atoms with Crippen molar-refractivity contribution in [3.63, 3.8) is 0 Å². The lowest BCUT2D eigenvalue weighted by Crippen LogP contribution is -2.09. The molecule has 0 unspecified atom stereocenters. The van der Waals surface area contributed by atoms with Gasteiger partial charge in [-0.05, 0) is 30.3 Å². The van der Waals surface area contributed by atoms with Crippen LogP contribution in [-0.4, -0.2) is 19.9 Å². The number of halogens is 6. The molecule has 4 rings (SSSR count). The highest BCUT2D eigenvalue weighted by Crippen LogP contribution is 2.30. The Labute approximate surface area is 176 Å². The van der Waals surface area contributed by atoms with E-state index in [2.05, 4.69) is 19.9 Å². The van der Waals surface area contributed by atoms with Crippen molar-refractivity contribution in [1.82, 2.24) is 19.9 Å². The number of imidazole rings is 1. The van der Waals surface area contributed by atoms with Gasteiger partial charge in [0.15, 0.2) is 0 Å². The standard InChI is InChI=1S/C21H12F6N4O/c22-15-6-13(32-10-18-16(23)5-12(8-28-18)21(25,26)27)2-3-14(15)17-9-30-20(31-17)11-1-4-19(24)29-7-11/h1-9H,10H2,(H,30,31). The number of alkyl halides is 3. The first kappa shape index (κ1) is 21.3. The Morgan fingerprint density at radius 2 is 1.66 bits per heavy atom. The van der Waals surface area contributed by atoms with Gasteiger partial charge in [0.25, 0.3) is 0 Å². The van der Waals surface area contributed by atoms with Gasteiger partial charge in [0.05, 0.1) is 17.5 Å². The molecule has 0 aliphatic rings. The number of H-pyrrole nitrogens is 1. The maximum Gasteiger partial charge on any atom is 0.417 e. The molecule has 5 nitrogen and oxygen atoms in total. The molecular formula is C21H12F6N4O. The number of ether oxygens (including phenoxy) is 1. The van der Waals surface area contributed by atoms with E-state index in [1.54, 1.807) is 0 Å². The number of hydrogen-bond donors (Lipinski definition) is 1. The predicted octanol–water partition coefficient (Wildman–Crippen LogP) is 5.55. The van der Waals surface area contributed by atoms with Crippen molar-refractivity contribution in [2.45, 2.75) is 12.8 Å². The SMILES string of the molecule is Fc1ccc(-c2ncc(-c3ccc(OCc4ncc(C(F)(F)F)cc4F)cc3F)[nH]2)cn1. The van der Waals surface area contributed by atoms with Gasteiger partial charge in [-0.25, -0.2) is 18.7 Å². The summed E-state index contributed by atoms with van der Waals surface area (Å²) in [5, 5.41) is 0. The number of hydrogen-bond acceptors (Lipinski definition) is 4. The Balaban J connectivity index is 1.48. The summed E-state index contributed by atoms with van der Waals surface area (Å²) in [6, 6.07) is 6.78. The van der Waals surface area contributed by atoms with Crippen molar-refractivity contribution in [2.24, 2.45) is 0 Å². The van der Waals surface area contributed by atoms with Crippen LogP contribution in [0.4, 0.5) is 26.3 Å². The van der Waals surface area contributed by atoms with Crippen molar-refractivity contribution < 1.29 is 31.1 Å². The van der Waals surface area contributed by atoms with Crippen LogP contribution in [0.3, 0.4) is 0 Å². The van der Waals surface area contributed by atoms with E-state index in [1.165, 1.54) is 36.7 Å². The van der Waals surface area contributed by atoms with Gasteiger partial charge in [0.2, 0.25) is 5.95 Å². The van der Waals surface area contributed by atoms with Crippen LogP contribution in [0.1, 0.15) is 11.3 Å². The topological polar surface area (TPSA) is 63.7 Å². The number of nitrogens with one attached hydrogen (secondary N) is 1. The largest absolute Gasteiger partial charge is 0.487 e. The van der Waals surface area contributed by atoms with E-state index < -0.39 is 35.9 Å². The zero-order chi connectivity index (χ0) is 22.9. The zero-order valence-electron chi connectivity index (χ0n) is 15.9. The fraction of sp³-hybridized carbons (Fsp3) is 0.0952. The Bertz CT molecular complexity index is 1250. The third kappa shape index (κ3) is 4.56. The fourth-order valence-electron chi connectivity index (χ4n) is 2.80. The van der Waals surface area contributed by atoms with Crippen LogP contribution in [0.25, 0.3) is 22.6 Å². The van der Waals surface area contributed by atoms with Crippen LogP contribution in [0.2, 0.25) is 0 Å². The molecule has 3 aromatic heterocycles. The molecule has 0 radical (unpaired) electrons. The number of aromatic nitrogens is 4. The Morgan fingerprint density at radius 3 is 2.31 bits per heavy atom. The van der Waals surface area contributed by atoms with Crippen molar-refractivity contribution >= 4 is 0 Å². The van der Waals surface area contributed by atoms with Crippen LogP contribution >= 0.6 is 0 Å². The first-order valence-corrected chi connectivity index (χ1v) is 9.02. The molecule has 11 heteroatoms. The summed E-state index contributed by atoms with van der Waals surface area (Å²) in [6.45, 7) is -0.492. The van der Waals surface area contributed by atoms with Gasteiger partial charge in [-0.2, -0.15) is 17.6 Å². The molecular weight excluding hydrogens is 438 g/mol. The Kier molecular flexibility index (Phi) is 5.56. The van der Waals surface area contributed by atoms with Gasteiger partial charge in [0.1, 0.15) is 35.5 Å². The van der Waals surface area contributed by atoms with Crippen molar-refractivity contribution in [3.05, 3.63) is 83.8 Å². The third-order valence-electron chi connectivity index (χ3n) is 4.43. The van der Waals surface area contributed by atoms with Crippen molar-refractivity contribution in [1.29, 1.82) is 0 Å². The summed E-state index contributed by atoms with van der Waals surface area (Å²) in [7, 11) is 0. The van der Waals surface area contributed by atoms with E-state index in [0.29, 0.717) is 29.3 Å². The summed E-state index contributed by atoms with van der Waals surface area (Å²) in [6.07, 6.45) is -1.55. The van der Waals surface area contributed by atoms with Crippen LogP contribution in [0, 0.1) is 17.6 Å².